The first-order valence-corrected chi connectivity index (χ1v) is 6.33. The largest absolute Gasteiger partial charge is 0.489 e. The first kappa shape index (κ1) is 14.5. The van der Waals surface area contributed by atoms with Crippen LogP contribution in [0.1, 0.15) is 29.7 Å². The second-order valence-electron chi connectivity index (χ2n) is 4.70. The van der Waals surface area contributed by atoms with Gasteiger partial charge in [-0.2, -0.15) is 0 Å². The summed E-state index contributed by atoms with van der Waals surface area (Å²) in [6.45, 7) is 3.47. The van der Waals surface area contributed by atoms with Gasteiger partial charge in [0, 0.05) is 5.56 Å². The van der Waals surface area contributed by atoms with Gasteiger partial charge in [-0.05, 0) is 43.2 Å². The van der Waals surface area contributed by atoms with Gasteiger partial charge in [-0.3, -0.25) is 0 Å². The Morgan fingerprint density at radius 2 is 1.95 bits per heavy atom. The van der Waals surface area contributed by atoms with Crippen LogP contribution in [0.3, 0.4) is 0 Å². The lowest BCUT2D eigenvalue weighted by Gasteiger charge is -2.12. The molecule has 0 spiro atoms. The summed E-state index contributed by atoms with van der Waals surface area (Å²) in [5, 5.41) is 9.48. The maximum absolute atomic E-state index is 13.5. The van der Waals surface area contributed by atoms with E-state index in [0.717, 1.165) is 17.2 Å². The van der Waals surface area contributed by atoms with Crippen molar-refractivity contribution >= 4 is 0 Å². The van der Waals surface area contributed by atoms with Gasteiger partial charge in [0.2, 0.25) is 0 Å². The summed E-state index contributed by atoms with van der Waals surface area (Å²) < 4.78 is 32.1. The molecule has 2 aromatic rings. The van der Waals surface area contributed by atoms with Crippen molar-refractivity contribution in [1.29, 1.82) is 0 Å². The summed E-state index contributed by atoms with van der Waals surface area (Å²) in [7, 11) is 0. The molecular formula is C16H16F2O2. The summed E-state index contributed by atoms with van der Waals surface area (Å²) in [6, 6.07) is 9.27. The molecule has 1 N–H and O–H groups in total. The van der Waals surface area contributed by atoms with Gasteiger partial charge in [0.1, 0.15) is 12.4 Å². The van der Waals surface area contributed by atoms with E-state index in [4.69, 9.17) is 4.74 Å². The van der Waals surface area contributed by atoms with Crippen LogP contribution in [0.15, 0.2) is 36.4 Å². The zero-order chi connectivity index (χ0) is 14.7. The maximum atomic E-state index is 13.5. The molecule has 0 amide bonds. The number of aliphatic hydroxyl groups is 1. The van der Waals surface area contributed by atoms with Crippen molar-refractivity contribution in [3.8, 4) is 5.75 Å². The van der Waals surface area contributed by atoms with Crippen molar-refractivity contribution in [2.24, 2.45) is 0 Å². The maximum Gasteiger partial charge on any atom is 0.165 e. The molecule has 0 aliphatic carbocycles. The first-order chi connectivity index (χ1) is 9.49. The van der Waals surface area contributed by atoms with Crippen LogP contribution in [-0.4, -0.2) is 5.11 Å². The zero-order valence-electron chi connectivity index (χ0n) is 11.4. The van der Waals surface area contributed by atoms with E-state index in [2.05, 4.69) is 0 Å². The monoisotopic (exact) mass is 278 g/mol. The Labute approximate surface area is 116 Å². The van der Waals surface area contributed by atoms with Crippen molar-refractivity contribution in [1.82, 2.24) is 0 Å². The van der Waals surface area contributed by atoms with Crippen LogP contribution in [-0.2, 0) is 6.61 Å². The molecule has 4 heteroatoms. The minimum atomic E-state index is -0.884. The molecule has 0 aliphatic rings. The Bertz CT molecular complexity index is 609. The van der Waals surface area contributed by atoms with E-state index in [1.165, 1.54) is 12.1 Å². The molecule has 0 heterocycles. The second kappa shape index (κ2) is 6.01. The molecule has 1 atom stereocenters. The van der Waals surface area contributed by atoms with Crippen molar-refractivity contribution < 1.29 is 18.6 Å². The topological polar surface area (TPSA) is 29.5 Å². The average Bonchev–Trinajstić information content (AvgIpc) is 2.41. The van der Waals surface area contributed by atoms with Crippen LogP contribution in [0, 0.1) is 18.6 Å². The summed E-state index contributed by atoms with van der Waals surface area (Å²) in [6.07, 6.45) is -0.552. The van der Waals surface area contributed by atoms with Gasteiger partial charge >= 0.3 is 0 Å². The lowest BCUT2D eigenvalue weighted by atomic mass is 10.1. The molecule has 0 aromatic heterocycles. The highest BCUT2D eigenvalue weighted by Gasteiger charge is 2.09. The Kier molecular flexibility index (Phi) is 4.35. The molecule has 2 rings (SSSR count). The molecule has 0 saturated heterocycles. The Hall–Kier alpha value is -1.94. The highest BCUT2D eigenvalue weighted by molar-refractivity contribution is 5.37. The standard InChI is InChI=1S/C16H16F2O2/c1-10-8-12(11(2)19)6-7-15(10)20-9-13-4-3-5-14(17)16(13)18/h3-8,11,19H,9H2,1-2H3. The van der Waals surface area contributed by atoms with E-state index in [9.17, 15) is 13.9 Å². The highest BCUT2D eigenvalue weighted by Crippen LogP contribution is 2.24. The Morgan fingerprint density at radius 3 is 2.60 bits per heavy atom. The van der Waals surface area contributed by atoms with E-state index in [0.29, 0.717) is 5.75 Å². The zero-order valence-corrected chi connectivity index (χ0v) is 11.4. The average molecular weight is 278 g/mol. The third-order valence-corrected chi connectivity index (χ3v) is 3.10. The first-order valence-electron chi connectivity index (χ1n) is 6.33. The van der Waals surface area contributed by atoms with E-state index in [1.54, 1.807) is 19.1 Å². The van der Waals surface area contributed by atoms with Gasteiger partial charge in [-0.25, -0.2) is 8.78 Å². The van der Waals surface area contributed by atoms with Gasteiger partial charge in [0.05, 0.1) is 6.10 Å². The number of ether oxygens (including phenoxy) is 1. The summed E-state index contributed by atoms with van der Waals surface area (Å²) in [5.41, 5.74) is 1.79. The fourth-order valence-electron chi connectivity index (χ4n) is 1.91. The van der Waals surface area contributed by atoms with Crippen molar-refractivity contribution in [2.45, 2.75) is 26.6 Å². The molecule has 106 valence electrons. The lowest BCUT2D eigenvalue weighted by Crippen LogP contribution is -2.02. The van der Waals surface area contributed by atoms with E-state index >= 15 is 0 Å². The summed E-state index contributed by atoms with van der Waals surface area (Å²) in [5.74, 6) is -1.18. The second-order valence-corrected chi connectivity index (χ2v) is 4.70. The SMILES string of the molecule is Cc1cc(C(C)O)ccc1OCc1cccc(F)c1F. The van der Waals surface area contributed by atoms with Crippen LogP contribution in [0.4, 0.5) is 8.78 Å². The third-order valence-electron chi connectivity index (χ3n) is 3.10. The smallest absolute Gasteiger partial charge is 0.165 e. The number of halogens is 2. The molecule has 0 bridgehead atoms. The predicted octanol–water partition coefficient (Wildman–Crippen LogP) is 3.91. The summed E-state index contributed by atoms with van der Waals surface area (Å²) >= 11 is 0. The van der Waals surface area contributed by atoms with Crippen LogP contribution < -0.4 is 4.74 Å². The van der Waals surface area contributed by atoms with Gasteiger partial charge < -0.3 is 9.84 Å². The van der Waals surface area contributed by atoms with Gasteiger partial charge in [-0.15, -0.1) is 0 Å². The molecule has 2 nitrogen and oxygen atoms in total. The van der Waals surface area contributed by atoms with Crippen LogP contribution in [0.5, 0.6) is 5.75 Å². The quantitative estimate of drug-likeness (QED) is 0.919. The Morgan fingerprint density at radius 1 is 1.20 bits per heavy atom. The molecule has 1 unspecified atom stereocenters. The van der Waals surface area contributed by atoms with Crippen LogP contribution in [0.25, 0.3) is 0 Å². The highest BCUT2D eigenvalue weighted by atomic mass is 19.2. The third kappa shape index (κ3) is 3.14. The van der Waals surface area contributed by atoms with Crippen molar-refractivity contribution in [3.05, 3.63) is 64.7 Å². The number of aryl methyl sites for hydroxylation is 1. The van der Waals surface area contributed by atoms with Crippen LogP contribution >= 0.6 is 0 Å². The van der Waals surface area contributed by atoms with Gasteiger partial charge in [-0.1, -0.05) is 18.2 Å². The number of hydrogen-bond donors (Lipinski definition) is 1. The molecular weight excluding hydrogens is 262 g/mol. The number of aliphatic hydroxyl groups excluding tert-OH is 1. The number of benzene rings is 2. The lowest BCUT2D eigenvalue weighted by molar-refractivity contribution is 0.199. The summed E-state index contributed by atoms with van der Waals surface area (Å²) in [4.78, 5) is 0. The van der Waals surface area contributed by atoms with Gasteiger partial charge in [0.15, 0.2) is 11.6 Å². The fraction of sp³-hybridized carbons (Fsp3) is 0.250. The number of rotatable bonds is 4. The molecule has 2 aromatic carbocycles. The predicted molar refractivity (Wildman–Crippen MR) is 72.5 cm³/mol. The molecule has 0 saturated carbocycles. The van der Waals surface area contributed by atoms with E-state index in [-0.39, 0.29) is 12.2 Å². The fourth-order valence-corrected chi connectivity index (χ4v) is 1.91. The van der Waals surface area contributed by atoms with Crippen molar-refractivity contribution in [3.63, 3.8) is 0 Å². The minimum Gasteiger partial charge on any atom is -0.489 e. The number of hydrogen-bond acceptors (Lipinski definition) is 2. The van der Waals surface area contributed by atoms with E-state index < -0.39 is 17.7 Å². The molecule has 20 heavy (non-hydrogen) atoms. The van der Waals surface area contributed by atoms with Crippen LogP contribution in [0.2, 0.25) is 0 Å². The molecule has 0 fully saturated rings. The molecule has 0 radical (unpaired) electrons. The Balaban J connectivity index is 2.13. The van der Waals surface area contributed by atoms with Gasteiger partial charge in [0.25, 0.3) is 0 Å². The minimum absolute atomic E-state index is 0.0432. The van der Waals surface area contributed by atoms with E-state index in [1.807, 2.05) is 13.0 Å². The van der Waals surface area contributed by atoms with Crippen molar-refractivity contribution in [2.75, 3.05) is 0 Å². The normalized spacial score (nSPS) is 12.2. The molecule has 0 aliphatic heterocycles.